The highest BCUT2D eigenvalue weighted by molar-refractivity contribution is 6.31. The van der Waals surface area contributed by atoms with E-state index in [2.05, 4.69) is 25.9 Å². The Kier molecular flexibility index (Phi) is 5.25. The molecule has 3 nitrogen and oxygen atoms in total. The first-order valence-corrected chi connectivity index (χ1v) is 13.8. The van der Waals surface area contributed by atoms with Crippen molar-refractivity contribution in [2.75, 3.05) is 0 Å². The fourth-order valence-electron chi connectivity index (χ4n) is 9.39. The van der Waals surface area contributed by atoms with E-state index in [4.69, 9.17) is 11.6 Å². The van der Waals surface area contributed by atoms with Crippen LogP contribution in [0.5, 0.6) is 0 Å². The van der Waals surface area contributed by atoms with E-state index in [1.165, 1.54) is 51.4 Å². The molecule has 4 saturated carbocycles. The van der Waals surface area contributed by atoms with Crippen molar-refractivity contribution >= 4 is 28.3 Å². The van der Waals surface area contributed by atoms with Crippen LogP contribution in [-0.2, 0) is 11.3 Å². The van der Waals surface area contributed by atoms with Gasteiger partial charge in [-0.05, 0) is 110 Å². The number of hydrogen-bond acceptors (Lipinski definition) is 2. The molecule has 0 N–H and O–H groups in total. The highest BCUT2D eigenvalue weighted by Crippen LogP contribution is 2.67. The molecule has 6 rings (SSSR count). The predicted octanol–water partition coefficient (Wildman–Crippen LogP) is 7.55. The lowest BCUT2D eigenvalue weighted by Crippen LogP contribution is -2.53. The zero-order chi connectivity index (χ0) is 23.0. The molecule has 0 bridgehead atoms. The average Bonchev–Trinajstić information content (AvgIpc) is 3.33. The van der Waals surface area contributed by atoms with Crippen LogP contribution < -0.4 is 0 Å². The summed E-state index contributed by atoms with van der Waals surface area (Å²) in [4.78, 5) is 13.6. The van der Waals surface area contributed by atoms with Gasteiger partial charge in [0.15, 0.2) is 5.78 Å². The molecular weight excluding hydrogens is 428 g/mol. The smallest absolute Gasteiger partial charge is 0.157 e. The summed E-state index contributed by atoms with van der Waals surface area (Å²) in [5.74, 6) is 4.89. The van der Waals surface area contributed by atoms with Crippen molar-refractivity contribution < 1.29 is 4.79 Å². The number of nitrogens with zero attached hydrogens (tertiary/aromatic N) is 2. The van der Waals surface area contributed by atoms with Crippen LogP contribution in [0.2, 0.25) is 5.02 Å². The van der Waals surface area contributed by atoms with Gasteiger partial charge in [0.1, 0.15) is 0 Å². The number of hydrogen-bond donors (Lipinski definition) is 0. The number of aromatic nitrogens is 2. The Morgan fingerprint density at radius 1 is 1.06 bits per heavy atom. The maximum atomic E-state index is 13.6. The van der Waals surface area contributed by atoms with Crippen LogP contribution in [0.4, 0.5) is 0 Å². The van der Waals surface area contributed by atoms with Crippen molar-refractivity contribution in [1.29, 1.82) is 0 Å². The summed E-state index contributed by atoms with van der Waals surface area (Å²) in [6.07, 6.45) is 14.0. The molecule has 0 spiro atoms. The second-order valence-corrected chi connectivity index (χ2v) is 13.1. The first kappa shape index (κ1) is 22.1. The van der Waals surface area contributed by atoms with Crippen molar-refractivity contribution in [2.24, 2.45) is 46.3 Å². The minimum absolute atomic E-state index is 0.180. The van der Waals surface area contributed by atoms with Gasteiger partial charge < -0.3 is 0 Å². The number of ketones is 1. The molecule has 0 amide bonds. The Labute approximate surface area is 203 Å². The van der Waals surface area contributed by atoms with Gasteiger partial charge in [-0.25, -0.2) is 0 Å². The molecule has 8 atom stereocenters. The van der Waals surface area contributed by atoms with Crippen molar-refractivity contribution in [3.63, 3.8) is 0 Å². The first-order chi connectivity index (χ1) is 15.8. The van der Waals surface area contributed by atoms with E-state index in [9.17, 15) is 4.79 Å². The molecule has 178 valence electrons. The number of rotatable bonds is 3. The molecule has 4 fully saturated rings. The third-order valence-corrected chi connectivity index (χ3v) is 11.4. The van der Waals surface area contributed by atoms with Crippen LogP contribution >= 0.6 is 11.6 Å². The minimum Gasteiger partial charge on any atom is -0.297 e. The molecule has 8 unspecified atom stereocenters. The van der Waals surface area contributed by atoms with E-state index in [-0.39, 0.29) is 11.3 Å². The largest absolute Gasteiger partial charge is 0.297 e. The Morgan fingerprint density at radius 2 is 1.85 bits per heavy atom. The maximum absolute atomic E-state index is 13.6. The van der Waals surface area contributed by atoms with Crippen molar-refractivity contribution in [3.8, 4) is 0 Å². The van der Waals surface area contributed by atoms with Gasteiger partial charge in [-0.2, -0.15) is 5.10 Å². The molecule has 0 saturated heterocycles. The van der Waals surface area contributed by atoms with Gasteiger partial charge in [0, 0.05) is 22.5 Å². The molecule has 1 aromatic heterocycles. The molecule has 1 heterocycles. The van der Waals surface area contributed by atoms with E-state index >= 15 is 0 Å². The number of carbonyl (C=O) groups is 1. The molecule has 1 aromatic carbocycles. The van der Waals surface area contributed by atoms with Gasteiger partial charge in [0.25, 0.3) is 0 Å². The third kappa shape index (κ3) is 3.43. The van der Waals surface area contributed by atoms with E-state index in [1.807, 2.05) is 29.1 Å². The summed E-state index contributed by atoms with van der Waals surface area (Å²) < 4.78 is 1.85. The summed E-state index contributed by atoms with van der Waals surface area (Å²) in [5.41, 5.74) is 1.60. The van der Waals surface area contributed by atoms with Crippen LogP contribution in [0.3, 0.4) is 0 Å². The van der Waals surface area contributed by atoms with E-state index in [0.29, 0.717) is 22.8 Å². The quantitative estimate of drug-likeness (QED) is 0.467. The first-order valence-electron chi connectivity index (χ1n) is 13.4. The second-order valence-electron chi connectivity index (χ2n) is 12.7. The molecule has 0 radical (unpaired) electrons. The highest BCUT2D eigenvalue weighted by Gasteiger charge is 2.60. The highest BCUT2D eigenvalue weighted by atomic mass is 35.5. The van der Waals surface area contributed by atoms with E-state index in [1.54, 1.807) is 0 Å². The van der Waals surface area contributed by atoms with Gasteiger partial charge in [-0.1, -0.05) is 38.8 Å². The molecular formula is C29H39ClN2O. The molecule has 33 heavy (non-hydrogen) atoms. The Bertz CT molecular complexity index is 1080. The SMILES string of the molecule is CC1CCC2(C)C(CCC3C2CCC2(C)C(C(=O)Cn4cc5ccc(Cl)cc5n4)CCC32)C1. The summed E-state index contributed by atoms with van der Waals surface area (Å²) >= 11 is 6.13. The summed E-state index contributed by atoms with van der Waals surface area (Å²) in [7, 11) is 0. The predicted molar refractivity (Wildman–Crippen MR) is 134 cm³/mol. The normalized spacial score (nSPS) is 42.5. The van der Waals surface area contributed by atoms with Crippen LogP contribution in [0.1, 0.15) is 78.6 Å². The zero-order valence-corrected chi connectivity index (χ0v) is 21.3. The summed E-state index contributed by atoms with van der Waals surface area (Å²) in [6.45, 7) is 7.98. The topological polar surface area (TPSA) is 34.9 Å². The molecule has 4 aliphatic carbocycles. The molecule has 0 aliphatic heterocycles. The lowest BCUT2D eigenvalue weighted by atomic mass is 9.44. The molecule has 2 aromatic rings. The number of Topliss-reactive ketones (excluding diaryl/α,β-unsaturated/α-hetero) is 1. The second kappa shape index (κ2) is 7.83. The van der Waals surface area contributed by atoms with Gasteiger partial charge in [-0.3, -0.25) is 9.48 Å². The Morgan fingerprint density at radius 3 is 2.70 bits per heavy atom. The van der Waals surface area contributed by atoms with Crippen molar-refractivity contribution in [2.45, 2.75) is 85.1 Å². The monoisotopic (exact) mass is 466 g/mol. The summed E-state index contributed by atoms with van der Waals surface area (Å²) in [6, 6.07) is 5.76. The zero-order valence-electron chi connectivity index (χ0n) is 20.5. The number of benzene rings is 1. The van der Waals surface area contributed by atoms with E-state index < -0.39 is 0 Å². The number of carbonyl (C=O) groups excluding carboxylic acids is 1. The van der Waals surface area contributed by atoms with E-state index in [0.717, 1.165) is 46.9 Å². The molecule has 4 heteroatoms. The van der Waals surface area contributed by atoms with Gasteiger partial charge in [0.05, 0.1) is 12.1 Å². The van der Waals surface area contributed by atoms with Crippen LogP contribution in [0.15, 0.2) is 24.4 Å². The van der Waals surface area contributed by atoms with Crippen LogP contribution in [-0.4, -0.2) is 15.6 Å². The van der Waals surface area contributed by atoms with Crippen molar-refractivity contribution in [1.82, 2.24) is 9.78 Å². The fraction of sp³-hybridized carbons (Fsp3) is 0.724. The lowest BCUT2D eigenvalue weighted by Gasteiger charge is -2.61. The van der Waals surface area contributed by atoms with Gasteiger partial charge >= 0.3 is 0 Å². The fourth-order valence-corrected chi connectivity index (χ4v) is 9.56. The van der Waals surface area contributed by atoms with Crippen LogP contribution in [0, 0.1) is 46.3 Å². The maximum Gasteiger partial charge on any atom is 0.157 e. The third-order valence-electron chi connectivity index (χ3n) is 11.2. The Hall–Kier alpha value is -1.35. The molecule has 4 aliphatic rings. The summed E-state index contributed by atoms with van der Waals surface area (Å²) in [5, 5.41) is 6.39. The minimum atomic E-state index is 0.180. The van der Waals surface area contributed by atoms with Gasteiger partial charge in [-0.15, -0.1) is 0 Å². The van der Waals surface area contributed by atoms with Gasteiger partial charge in [0.2, 0.25) is 0 Å². The number of halogens is 1. The average molecular weight is 467 g/mol. The lowest BCUT2D eigenvalue weighted by molar-refractivity contribution is -0.137. The van der Waals surface area contributed by atoms with Crippen molar-refractivity contribution in [3.05, 3.63) is 29.4 Å². The van der Waals surface area contributed by atoms with Crippen LogP contribution in [0.25, 0.3) is 10.9 Å². The standard InChI is InChI=1S/C29H39ClN2O/c1-18-10-12-28(2)20(14-18)5-7-22-23-8-9-25(29(23,3)13-11-24(22)28)27(33)17-32-16-19-4-6-21(30)15-26(19)31-32/h4,6,15-16,18,20,22-25H,5,7-14,17H2,1-3H3. The number of fused-ring (bicyclic) bond motifs is 6. The Balaban J connectivity index is 1.21.